The summed E-state index contributed by atoms with van der Waals surface area (Å²) in [5.74, 6) is 0. The smallest absolute Gasteiger partial charge is 0.210 e. The molecule has 6 heteroatoms. The molecule has 1 aromatic carbocycles. The second kappa shape index (κ2) is 6.41. The van der Waals surface area contributed by atoms with Gasteiger partial charge in [-0.05, 0) is 29.2 Å². The highest BCUT2D eigenvalue weighted by atomic mass is 32.2. The Labute approximate surface area is 151 Å². The highest BCUT2D eigenvalue weighted by molar-refractivity contribution is 7.88. The Morgan fingerprint density at radius 2 is 1.68 bits per heavy atom. The maximum Gasteiger partial charge on any atom is 0.210 e. The molecule has 1 heterocycles. The van der Waals surface area contributed by atoms with Crippen LogP contribution >= 0.6 is 0 Å². The summed E-state index contributed by atoms with van der Waals surface area (Å²) in [5.41, 5.74) is 3.21. The molecular weight excluding hydrogens is 336 g/mol. The van der Waals surface area contributed by atoms with Crippen LogP contribution in [0.3, 0.4) is 0 Å². The number of aromatic nitrogens is 1. The Balaban J connectivity index is 2.56. The van der Waals surface area contributed by atoms with Gasteiger partial charge >= 0.3 is 0 Å². The van der Waals surface area contributed by atoms with E-state index in [9.17, 15) is 13.5 Å². The van der Waals surface area contributed by atoms with E-state index >= 15 is 0 Å². The van der Waals surface area contributed by atoms with Gasteiger partial charge in [0.25, 0.3) is 0 Å². The first-order chi connectivity index (χ1) is 11.2. The predicted octanol–water partition coefficient (Wildman–Crippen LogP) is 3.10. The summed E-state index contributed by atoms with van der Waals surface area (Å²) in [6.45, 7) is 13.0. The highest BCUT2D eigenvalue weighted by Gasteiger charge is 2.24. The standard InChI is InChI=1S/C19H30N2O3S/c1-18(2,3)14-8-9-15-13(10-14)11-16(19(4,5)6)21(15)12-17(22)20-25(7,23)24/h8-11,17,20,22H,12H2,1-7H3. The number of sulfonamides is 1. The number of hydrogen-bond acceptors (Lipinski definition) is 3. The molecular formula is C19H30N2O3S. The van der Waals surface area contributed by atoms with Crippen molar-refractivity contribution in [1.29, 1.82) is 0 Å². The molecule has 2 N–H and O–H groups in total. The number of nitrogens with one attached hydrogen (secondary N) is 1. The Morgan fingerprint density at radius 1 is 1.08 bits per heavy atom. The van der Waals surface area contributed by atoms with Crippen LogP contribution in [0.1, 0.15) is 52.8 Å². The van der Waals surface area contributed by atoms with Crippen LogP contribution in [0, 0.1) is 0 Å². The van der Waals surface area contributed by atoms with Gasteiger partial charge in [0.2, 0.25) is 10.0 Å². The molecule has 0 fully saturated rings. The van der Waals surface area contributed by atoms with Gasteiger partial charge in [-0.2, -0.15) is 4.72 Å². The molecule has 1 unspecified atom stereocenters. The molecule has 2 rings (SSSR count). The van der Waals surface area contributed by atoms with Gasteiger partial charge in [-0.15, -0.1) is 0 Å². The second-order valence-corrected chi connectivity index (χ2v) is 10.6. The van der Waals surface area contributed by atoms with Crippen LogP contribution < -0.4 is 4.72 Å². The first-order valence-corrected chi connectivity index (χ1v) is 10.4. The first-order valence-electron chi connectivity index (χ1n) is 8.48. The normalized spacial score (nSPS) is 14.9. The molecule has 0 saturated heterocycles. The lowest BCUT2D eigenvalue weighted by Gasteiger charge is -2.24. The third-order valence-electron chi connectivity index (χ3n) is 4.24. The quantitative estimate of drug-likeness (QED) is 0.817. The minimum atomic E-state index is -3.47. The SMILES string of the molecule is CC(C)(C)c1ccc2c(c1)cc(C(C)(C)C)n2CC(O)NS(C)(=O)=O. The van der Waals surface area contributed by atoms with E-state index in [1.165, 1.54) is 5.56 Å². The summed E-state index contributed by atoms with van der Waals surface area (Å²) in [5, 5.41) is 11.3. The van der Waals surface area contributed by atoms with E-state index in [1.807, 2.05) is 4.57 Å². The van der Waals surface area contributed by atoms with E-state index in [0.29, 0.717) is 0 Å². The van der Waals surface area contributed by atoms with Crippen molar-refractivity contribution >= 4 is 20.9 Å². The zero-order chi connectivity index (χ0) is 19.2. The fraction of sp³-hybridized carbons (Fsp3) is 0.579. The van der Waals surface area contributed by atoms with Crippen molar-refractivity contribution in [2.24, 2.45) is 0 Å². The van der Waals surface area contributed by atoms with Crippen LogP contribution in [0.2, 0.25) is 0 Å². The lowest BCUT2D eigenvalue weighted by atomic mass is 9.86. The minimum absolute atomic E-state index is 0.0511. The summed E-state index contributed by atoms with van der Waals surface area (Å²) in [7, 11) is -3.47. The number of rotatable bonds is 4. The summed E-state index contributed by atoms with van der Waals surface area (Å²) in [6, 6.07) is 8.47. The van der Waals surface area contributed by atoms with Crippen molar-refractivity contribution in [3.63, 3.8) is 0 Å². The lowest BCUT2D eigenvalue weighted by Crippen LogP contribution is -2.37. The molecule has 0 aliphatic carbocycles. The van der Waals surface area contributed by atoms with Crippen LogP contribution in [0.4, 0.5) is 0 Å². The summed E-state index contributed by atoms with van der Waals surface area (Å²) in [6.07, 6.45) is -0.126. The largest absolute Gasteiger partial charge is 0.376 e. The molecule has 0 amide bonds. The van der Waals surface area contributed by atoms with E-state index < -0.39 is 16.3 Å². The van der Waals surface area contributed by atoms with Crippen molar-refractivity contribution in [3.8, 4) is 0 Å². The van der Waals surface area contributed by atoms with Gasteiger partial charge in [-0.3, -0.25) is 0 Å². The Hall–Kier alpha value is -1.37. The maximum atomic E-state index is 11.4. The van der Waals surface area contributed by atoms with Crippen molar-refractivity contribution in [3.05, 3.63) is 35.5 Å². The molecule has 1 aromatic heterocycles. The van der Waals surface area contributed by atoms with Gasteiger partial charge in [0.15, 0.2) is 0 Å². The Morgan fingerprint density at radius 3 is 2.16 bits per heavy atom. The Bertz CT molecular complexity index is 868. The maximum absolute atomic E-state index is 11.4. The molecule has 0 saturated carbocycles. The molecule has 0 bridgehead atoms. The van der Waals surface area contributed by atoms with Crippen molar-refractivity contribution in [1.82, 2.24) is 9.29 Å². The number of nitrogens with zero attached hydrogens (tertiary/aromatic N) is 1. The van der Waals surface area contributed by atoms with Gasteiger partial charge in [-0.25, -0.2) is 8.42 Å². The van der Waals surface area contributed by atoms with Crippen LogP contribution in [-0.4, -0.2) is 30.6 Å². The monoisotopic (exact) mass is 366 g/mol. The number of aliphatic hydroxyl groups is 1. The average molecular weight is 367 g/mol. The van der Waals surface area contributed by atoms with Crippen molar-refractivity contribution in [2.45, 2.75) is 65.1 Å². The van der Waals surface area contributed by atoms with Crippen LogP contribution in [-0.2, 0) is 27.4 Å². The van der Waals surface area contributed by atoms with Crippen LogP contribution in [0.25, 0.3) is 10.9 Å². The van der Waals surface area contributed by atoms with Crippen molar-refractivity contribution < 1.29 is 13.5 Å². The zero-order valence-electron chi connectivity index (χ0n) is 16.2. The third kappa shape index (κ3) is 4.84. The third-order valence-corrected chi connectivity index (χ3v) is 4.94. The van der Waals surface area contributed by atoms with E-state index in [-0.39, 0.29) is 17.4 Å². The van der Waals surface area contributed by atoms with E-state index in [2.05, 4.69) is 70.5 Å². The van der Waals surface area contributed by atoms with Gasteiger partial charge in [0.05, 0.1) is 12.8 Å². The summed E-state index contributed by atoms with van der Waals surface area (Å²) in [4.78, 5) is 0. The zero-order valence-corrected chi connectivity index (χ0v) is 17.0. The molecule has 0 aliphatic rings. The number of hydrogen-bond donors (Lipinski definition) is 2. The summed E-state index contributed by atoms with van der Waals surface area (Å²) >= 11 is 0. The molecule has 140 valence electrons. The van der Waals surface area contributed by atoms with E-state index in [0.717, 1.165) is 22.9 Å². The van der Waals surface area contributed by atoms with Gasteiger partial charge < -0.3 is 9.67 Å². The highest BCUT2D eigenvalue weighted by Crippen LogP contribution is 2.32. The molecule has 5 nitrogen and oxygen atoms in total. The molecule has 1 atom stereocenters. The van der Waals surface area contributed by atoms with E-state index in [1.54, 1.807) is 0 Å². The van der Waals surface area contributed by atoms with Crippen molar-refractivity contribution in [2.75, 3.05) is 6.26 Å². The summed E-state index contributed by atoms with van der Waals surface area (Å²) < 4.78 is 27.0. The van der Waals surface area contributed by atoms with Crippen LogP contribution in [0.5, 0.6) is 0 Å². The Kier molecular flexibility index (Phi) is 5.12. The average Bonchev–Trinajstić information content (AvgIpc) is 2.73. The van der Waals surface area contributed by atoms with Crippen LogP contribution in [0.15, 0.2) is 24.3 Å². The minimum Gasteiger partial charge on any atom is -0.376 e. The molecule has 0 spiro atoms. The second-order valence-electron chi connectivity index (χ2n) is 8.82. The van der Waals surface area contributed by atoms with E-state index in [4.69, 9.17) is 0 Å². The topological polar surface area (TPSA) is 71.3 Å². The fourth-order valence-electron chi connectivity index (χ4n) is 3.01. The fourth-order valence-corrected chi connectivity index (χ4v) is 3.58. The number of fused-ring (bicyclic) bond motifs is 1. The molecule has 25 heavy (non-hydrogen) atoms. The molecule has 2 aromatic rings. The molecule has 0 aliphatic heterocycles. The van der Waals surface area contributed by atoms with Gasteiger partial charge in [0, 0.05) is 22.0 Å². The van der Waals surface area contributed by atoms with Gasteiger partial charge in [0.1, 0.15) is 6.23 Å². The number of aliphatic hydroxyl groups excluding tert-OH is 1. The first kappa shape index (κ1) is 19.9. The predicted molar refractivity (Wildman–Crippen MR) is 103 cm³/mol. The lowest BCUT2D eigenvalue weighted by molar-refractivity contribution is 0.143. The number of benzene rings is 1. The van der Waals surface area contributed by atoms with Gasteiger partial charge in [-0.1, -0.05) is 47.6 Å². The molecule has 0 radical (unpaired) electrons.